The molecule has 2 rings (SSSR count). The van der Waals surface area contributed by atoms with Crippen LogP contribution < -0.4 is 0 Å². The van der Waals surface area contributed by atoms with Gasteiger partial charge in [-0.3, -0.25) is 9.78 Å². The molecule has 15 heavy (non-hydrogen) atoms. The lowest BCUT2D eigenvalue weighted by Gasteiger charge is -2.10. The molecule has 0 aliphatic heterocycles. The molecule has 0 amide bonds. The summed E-state index contributed by atoms with van der Waals surface area (Å²) in [6, 6.07) is 2.94. The van der Waals surface area contributed by atoms with Crippen LogP contribution in [0.25, 0.3) is 0 Å². The number of halogens is 2. The molecule has 1 aromatic rings. The van der Waals surface area contributed by atoms with Gasteiger partial charge in [-0.25, -0.2) is 8.78 Å². The summed E-state index contributed by atoms with van der Waals surface area (Å²) in [6.45, 7) is 1.71. The van der Waals surface area contributed by atoms with Crippen LogP contribution in [0.15, 0.2) is 18.3 Å². The maximum absolute atomic E-state index is 13.1. The van der Waals surface area contributed by atoms with Crippen LogP contribution in [0.1, 0.15) is 17.7 Å². The smallest absolute Gasteiger partial charge is 0.320 e. The highest BCUT2D eigenvalue weighted by molar-refractivity contribution is 5.87. The summed E-state index contributed by atoms with van der Waals surface area (Å²) >= 11 is 0. The van der Waals surface area contributed by atoms with Gasteiger partial charge in [-0.15, -0.1) is 0 Å². The van der Waals surface area contributed by atoms with E-state index in [9.17, 15) is 13.6 Å². The van der Waals surface area contributed by atoms with Crippen LogP contribution in [0.4, 0.5) is 8.78 Å². The second kappa shape index (κ2) is 2.74. The van der Waals surface area contributed by atoms with E-state index >= 15 is 0 Å². The monoisotopic (exact) mass is 213 g/mol. The third-order valence-electron chi connectivity index (χ3n) is 2.76. The number of aromatic nitrogens is 1. The summed E-state index contributed by atoms with van der Waals surface area (Å²) in [4.78, 5) is 14.7. The number of hydrogen-bond donors (Lipinski definition) is 1. The number of carbonyl (C=O) groups is 1. The number of pyridine rings is 1. The average Bonchev–Trinajstić information content (AvgIpc) is 2.72. The number of carboxylic acid groups (broad SMARTS) is 1. The highest BCUT2D eigenvalue weighted by Crippen LogP contribution is 2.61. The van der Waals surface area contributed by atoms with Crippen molar-refractivity contribution in [3.8, 4) is 0 Å². The Bertz CT molecular complexity index is 416. The van der Waals surface area contributed by atoms with Gasteiger partial charge in [-0.2, -0.15) is 0 Å². The van der Waals surface area contributed by atoms with E-state index in [-0.39, 0.29) is 5.56 Å². The quantitative estimate of drug-likeness (QED) is 0.814. The summed E-state index contributed by atoms with van der Waals surface area (Å²) in [7, 11) is 0. The topological polar surface area (TPSA) is 50.2 Å². The van der Waals surface area contributed by atoms with E-state index in [0.29, 0.717) is 5.69 Å². The zero-order valence-electron chi connectivity index (χ0n) is 8.00. The number of aliphatic carboxylic acids is 1. The molecule has 0 aromatic carbocycles. The first-order valence-corrected chi connectivity index (χ1v) is 4.44. The third kappa shape index (κ3) is 1.22. The number of aryl methyl sites for hydroxylation is 1. The van der Waals surface area contributed by atoms with Gasteiger partial charge < -0.3 is 5.11 Å². The minimum absolute atomic E-state index is 0.0746. The third-order valence-corrected chi connectivity index (χ3v) is 2.76. The number of carboxylic acids is 1. The summed E-state index contributed by atoms with van der Waals surface area (Å²) in [6.07, 6.45) is 0.574. The number of nitrogens with zero attached hydrogens (tertiary/aromatic N) is 1. The number of hydrogen-bond acceptors (Lipinski definition) is 2. The minimum Gasteiger partial charge on any atom is -0.480 e. The van der Waals surface area contributed by atoms with E-state index in [1.165, 1.54) is 18.3 Å². The number of alkyl halides is 2. The molecule has 0 bridgehead atoms. The highest BCUT2D eigenvalue weighted by atomic mass is 19.3. The zero-order chi connectivity index (χ0) is 11.3. The van der Waals surface area contributed by atoms with Crippen LogP contribution in [0.3, 0.4) is 0 Å². The minimum atomic E-state index is -3.16. The fourth-order valence-corrected chi connectivity index (χ4v) is 1.68. The zero-order valence-corrected chi connectivity index (χ0v) is 8.00. The van der Waals surface area contributed by atoms with Crippen molar-refractivity contribution in [2.75, 3.05) is 0 Å². The van der Waals surface area contributed by atoms with E-state index in [0.717, 1.165) is 0 Å². The summed E-state index contributed by atoms with van der Waals surface area (Å²) in [5.41, 5.74) is -1.30. The Hall–Kier alpha value is -1.52. The van der Waals surface area contributed by atoms with Gasteiger partial charge in [0.25, 0.3) is 5.92 Å². The van der Waals surface area contributed by atoms with E-state index in [1.54, 1.807) is 6.92 Å². The van der Waals surface area contributed by atoms with Crippen molar-refractivity contribution in [2.24, 2.45) is 0 Å². The SMILES string of the molecule is Cc1ccc(C2(C(=O)O)CC2(F)F)cn1. The van der Waals surface area contributed by atoms with Crippen molar-refractivity contribution in [1.82, 2.24) is 4.98 Å². The fourth-order valence-electron chi connectivity index (χ4n) is 1.68. The molecule has 1 aromatic heterocycles. The molecule has 1 heterocycles. The Labute approximate surface area is 84.8 Å². The predicted molar refractivity (Wildman–Crippen MR) is 47.9 cm³/mol. The molecule has 3 nitrogen and oxygen atoms in total. The van der Waals surface area contributed by atoms with Crippen molar-refractivity contribution in [2.45, 2.75) is 24.7 Å². The number of rotatable bonds is 2. The van der Waals surface area contributed by atoms with Crippen molar-refractivity contribution in [3.63, 3.8) is 0 Å². The molecular weight excluding hydrogens is 204 g/mol. The molecule has 1 N–H and O–H groups in total. The maximum Gasteiger partial charge on any atom is 0.320 e. The highest BCUT2D eigenvalue weighted by Gasteiger charge is 2.77. The molecule has 1 saturated carbocycles. The van der Waals surface area contributed by atoms with Gasteiger partial charge in [-0.1, -0.05) is 6.07 Å². The first-order valence-electron chi connectivity index (χ1n) is 4.44. The Morgan fingerprint density at radius 2 is 2.13 bits per heavy atom. The lowest BCUT2D eigenvalue weighted by atomic mass is 9.97. The van der Waals surface area contributed by atoms with E-state index < -0.39 is 23.7 Å². The Kier molecular flexibility index (Phi) is 1.83. The molecule has 1 fully saturated rings. The van der Waals surface area contributed by atoms with Gasteiger partial charge in [0.05, 0.1) is 0 Å². The molecule has 5 heteroatoms. The standard InChI is InChI=1S/C10H9F2NO2/c1-6-2-3-7(4-13-6)9(8(14)15)5-10(9,11)12/h2-4H,5H2,1H3,(H,14,15). The Morgan fingerprint density at radius 3 is 2.47 bits per heavy atom. The summed E-state index contributed by atoms with van der Waals surface area (Å²) in [5, 5.41) is 8.85. The molecular formula is C10H9F2NO2. The van der Waals surface area contributed by atoms with Crippen LogP contribution in [-0.2, 0) is 10.2 Å². The second-order valence-electron chi connectivity index (χ2n) is 3.78. The molecule has 1 aliphatic rings. The van der Waals surface area contributed by atoms with Gasteiger partial charge in [0, 0.05) is 18.3 Å². The van der Waals surface area contributed by atoms with Crippen molar-refractivity contribution < 1.29 is 18.7 Å². The summed E-state index contributed by atoms with van der Waals surface area (Å²) in [5.74, 6) is -4.64. The van der Waals surface area contributed by atoms with Gasteiger partial charge >= 0.3 is 5.97 Å². The predicted octanol–water partition coefficient (Wildman–Crippen LogP) is 1.75. The lowest BCUT2D eigenvalue weighted by molar-refractivity contribution is -0.143. The first-order chi connectivity index (χ1) is 6.90. The maximum atomic E-state index is 13.1. The average molecular weight is 213 g/mol. The van der Waals surface area contributed by atoms with E-state index in [2.05, 4.69) is 4.98 Å². The molecule has 0 saturated heterocycles. The molecule has 80 valence electrons. The van der Waals surface area contributed by atoms with Crippen molar-refractivity contribution in [3.05, 3.63) is 29.6 Å². The van der Waals surface area contributed by atoms with E-state index in [4.69, 9.17) is 5.11 Å². The first kappa shape index (κ1) is 10.0. The Morgan fingerprint density at radius 1 is 1.53 bits per heavy atom. The van der Waals surface area contributed by atoms with Crippen LogP contribution in [0, 0.1) is 6.92 Å². The molecule has 0 radical (unpaired) electrons. The molecule has 1 aliphatic carbocycles. The van der Waals surface area contributed by atoms with Crippen LogP contribution in [-0.4, -0.2) is 22.0 Å². The van der Waals surface area contributed by atoms with Crippen LogP contribution >= 0.6 is 0 Å². The molecule has 1 unspecified atom stereocenters. The summed E-state index contributed by atoms with van der Waals surface area (Å²) < 4.78 is 26.2. The van der Waals surface area contributed by atoms with Gasteiger partial charge in [0.1, 0.15) is 0 Å². The van der Waals surface area contributed by atoms with Crippen LogP contribution in [0.2, 0.25) is 0 Å². The van der Waals surface area contributed by atoms with Crippen molar-refractivity contribution in [1.29, 1.82) is 0 Å². The second-order valence-corrected chi connectivity index (χ2v) is 3.78. The van der Waals surface area contributed by atoms with Gasteiger partial charge in [-0.05, 0) is 18.6 Å². The normalized spacial score (nSPS) is 27.4. The fraction of sp³-hybridized carbons (Fsp3) is 0.400. The van der Waals surface area contributed by atoms with Crippen LogP contribution in [0.5, 0.6) is 0 Å². The molecule has 0 spiro atoms. The van der Waals surface area contributed by atoms with Crippen molar-refractivity contribution >= 4 is 5.97 Å². The van der Waals surface area contributed by atoms with Gasteiger partial charge in [0.2, 0.25) is 0 Å². The lowest BCUT2D eigenvalue weighted by Crippen LogP contribution is -2.27. The molecule has 1 atom stereocenters. The Balaban J connectivity index is 2.45. The van der Waals surface area contributed by atoms with Gasteiger partial charge in [0.15, 0.2) is 5.41 Å². The van der Waals surface area contributed by atoms with E-state index in [1.807, 2.05) is 0 Å². The largest absolute Gasteiger partial charge is 0.480 e.